The summed E-state index contributed by atoms with van der Waals surface area (Å²) in [6, 6.07) is 1.87. The van der Waals surface area contributed by atoms with Crippen molar-refractivity contribution in [3.05, 3.63) is 30.2 Å². The standard InChI is InChI=1S/C17H25N5O2/c1-13(2)10-15-19-20-16(24-15)11-14-4-8-21(12-14)17(23)5-9-22-7-3-6-18-22/h3,6-7,13-14H,4-5,8-12H2,1-2H3. The molecule has 1 aliphatic rings. The van der Waals surface area contributed by atoms with E-state index >= 15 is 0 Å². The molecule has 3 rings (SSSR count). The van der Waals surface area contributed by atoms with Crippen LogP contribution in [0.15, 0.2) is 22.9 Å². The van der Waals surface area contributed by atoms with Gasteiger partial charge in [-0.3, -0.25) is 9.48 Å². The normalized spacial score (nSPS) is 17.8. The van der Waals surface area contributed by atoms with Crippen LogP contribution in [-0.2, 0) is 24.2 Å². The lowest BCUT2D eigenvalue weighted by Gasteiger charge is -2.16. The molecule has 1 unspecified atom stereocenters. The largest absolute Gasteiger partial charge is 0.425 e. The fraction of sp³-hybridized carbons (Fsp3) is 0.647. The molecule has 0 N–H and O–H groups in total. The van der Waals surface area contributed by atoms with Gasteiger partial charge in [0.15, 0.2) is 0 Å². The van der Waals surface area contributed by atoms with Crippen molar-refractivity contribution in [2.24, 2.45) is 11.8 Å². The number of carbonyl (C=O) groups excluding carboxylic acids is 1. The third-order valence-electron chi connectivity index (χ3n) is 4.31. The van der Waals surface area contributed by atoms with E-state index in [1.165, 1.54) is 0 Å². The third-order valence-corrected chi connectivity index (χ3v) is 4.31. The van der Waals surface area contributed by atoms with Crippen molar-refractivity contribution < 1.29 is 9.21 Å². The first-order valence-corrected chi connectivity index (χ1v) is 8.66. The molecule has 7 nitrogen and oxygen atoms in total. The number of aromatic nitrogens is 4. The predicted octanol–water partition coefficient (Wildman–Crippen LogP) is 1.95. The Bertz CT molecular complexity index is 650. The Kier molecular flexibility index (Phi) is 5.27. The summed E-state index contributed by atoms with van der Waals surface area (Å²) in [5.74, 6) is 2.52. The SMILES string of the molecule is CC(C)Cc1nnc(CC2CCN(C(=O)CCn3cccn3)C2)o1. The summed E-state index contributed by atoms with van der Waals surface area (Å²) in [5.41, 5.74) is 0. The number of nitrogens with zero attached hydrogens (tertiary/aromatic N) is 5. The van der Waals surface area contributed by atoms with Crippen LogP contribution in [0.5, 0.6) is 0 Å². The molecule has 24 heavy (non-hydrogen) atoms. The van der Waals surface area contributed by atoms with E-state index in [4.69, 9.17) is 4.42 Å². The number of hydrogen-bond donors (Lipinski definition) is 0. The minimum Gasteiger partial charge on any atom is -0.425 e. The molecular formula is C17H25N5O2. The van der Waals surface area contributed by atoms with Gasteiger partial charge in [0.05, 0.1) is 0 Å². The molecule has 1 amide bonds. The van der Waals surface area contributed by atoms with Gasteiger partial charge < -0.3 is 9.32 Å². The summed E-state index contributed by atoms with van der Waals surface area (Å²) >= 11 is 0. The van der Waals surface area contributed by atoms with Crippen LogP contribution in [-0.4, -0.2) is 43.9 Å². The fourth-order valence-corrected chi connectivity index (χ4v) is 3.08. The van der Waals surface area contributed by atoms with Crippen LogP contribution in [0.3, 0.4) is 0 Å². The highest BCUT2D eigenvalue weighted by atomic mass is 16.4. The van der Waals surface area contributed by atoms with Crippen LogP contribution >= 0.6 is 0 Å². The maximum absolute atomic E-state index is 12.3. The molecule has 130 valence electrons. The fourth-order valence-electron chi connectivity index (χ4n) is 3.08. The second-order valence-electron chi connectivity index (χ2n) is 6.91. The van der Waals surface area contributed by atoms with Gasteiger partial charge in [0, 0.05) is 51.3 Å². The van der Waals surface area contributed by atoms with Crippen molar-refractivity contribution in [1.82, 2.24) is 24.9 Å². The number of aryl methyl sites for hydroxylation is 1. The highest BCUT2D eigenvalue weighted by Gasteiger charge is 2.27. The Morgan fingerprint density at radius 2 is 2.21 bits per heavy atom. The van der Waals surface area contributed by atoms with E-state index in [-0.39, 0.29) is 5.91 Å². The minimum atomic E-state index is 0.194. The monoisotopic (exact) mass is 331 g/mol. The molecule has 0 aliphatic carbocycles. The van der Waals surface area contributed by atoms with Crippen molar-refractivity contribution in [2.45, 2.75) is 46.1 Å². The summed E-state index contributed by atoms with van der Waals surface area (Å²) in [7, 11) is 0. The molecule has 3 heterocycles. The molecule has 1 atom stereocenters. The highest BCUT2D eigenvalue weighted by molar-refractivity contribution is 5.76. The van der Waals surface area contributed by atoms with E-state index in [1.54, 1.807) is 10.9 Å². The average Bonchev–Trinajstić information content (AvgIpc) is 3.27. The molecule has 1 fully saturated rings. The molecule has 1 aliphatic heterocycles. The van der Waals surface area contributed by atoms with Crippen molar-refractivity contribution >= 4 is 5.91 Å². The first-order valence-electron chi connectivity index (χ1n) is 8.66. The molecule has 0 aromatic carbocycles. The van der Waals surface area contributed by atoms with Gasteiger partial charge in [0.25, 0.3) is 0 Å². The van der Waals surface area contributed by atoms with E-state index in [9.17, 15) is 4.79 Å². The zero-order chi connectivity index (χ0) is 16.9. The summed E-state index contributed by atoms with van der Waals surface area (Å²) in [6.07, 6.45) is 6.67. The minimum absolute atomic E-state index is 0.194. The van der Waals surface area contributed by atoms with Gasteiger partial charge in [0.2, 0.25) is 17.7 Å². The summed E-state index contributed by atoms with van der Waals surface area (Å²) in [4.78, 5) is 14.2. The van der Waals surface area contributed by atoms with Gasteiger partial charge in [-0.1, -0.05) is 13.8 Å². The van der Waals surface area contributed by atoms with Crippen LogP contribution < -0.4 is 0 Å². The zero-order valence-electron chi connectivity index (χ0n) is 14.4. The lowest BCUT2D eigenvalue weighted by atomic mass is 10.1. The summed E-state index contributed by atoms with van der Waals surface area (Å²) < 4.78 is 7.50. The van der Waals surface area contributed by atoms with Crippen LogP contribution in [0, 0.1) is 11.8 Å². The second-order valence-corrected chi connectivity index (χ2v) is 6.91. The number of rotatable bonds is 7. The van der Waals surface area contributed by atoms with Crippen LogP contribution in [0.25, 0.3) is 0 Å². The van der Waals surface area contributed by atoms with Crippen molar-refractivity contribution in [2.75, 3.05) is 13.1 Å². The molecule has 2 aromatic rings. The Labute approximate surface area is 142 Å². The van der Waals surface area contributed by atoms with Crippen LogP contribution in [0.1, 0.15) is 38.5 Å². The van der Waals surface area contributed by atoms with Gasteiger partial charge in [-0.25, -0.2) is 0 Å². The van der Waals surface area contributed by atoms with Crippen molar-refractivity contribution in [3.8, 4) is 0 Å². The molecular weight excluding hydrogens is 306 g/mol. The lowest BCUT2D eigenvalue weighted by Crippen LogP contribution is -2.29. The maximum Gasteiger partial charge on any atom is 0.224 e. The predicted molar refractivity (Wildman–Crippen MR) is 88.1 cm³/mol. The highest BCUT2D eigenvalue weighted by Crippen LogP contribution is 2.21. The second kappa shape index (κ2) is 7.59. The van der Waals surface area contributed by atoms with E-state index in [2.05, 4.69) is 29.1 Å². The first-order chi connectivity index (χ1) is 11.6. The van der Waals surface area contributed by atoms with E-state index in [0.29, 0.717) is 36.6 Å². The third kappa shape index (κ3) is 4.43. The Morgan fingerprint density at radius 1 is 1.38 bits per heavy atom. The van der Waals surface area contributed by atoms with Gasteiger partial charge in [-0.15, -0.1) is 10.2 Å². The average molecular weight is 331 g/mol. The number of hydrogen-bond acceptors (Lipinski definition) is 5. The summed E-state index contributed by atoms with van der Waals surface area (Å²) in [5, 5.41) is 12.4. The number of likely N-dealkylation sites (tertiary alicyclic amines) is 1. The molecule has 0 bridgehead atoms. The van der Waals surface area contributed by atoms with Crippen molar-refractivity contribution in [3.63, 3.8) is 0 Å². The Balaban J connectivity index is 1.44. The van der Waals surface area contributed by atoms with E-state index in [1.807, 2.05) is 17.2 Å². The number of amides is 1. The van der Waals surface area contributed by atoms with E-state index in [0.717, 1.165) is 32.4 Å². The van der Waals surface area contributed by atoms with Gasteiger partial charge in [-0.05, 0) is 24.3 Å². The van der Waals surface area contributed by atoms with Crippen molar-refractivity contribution in [1.29, 1.82) is 0 Å². The zero-order valence-corrected chi connectivity index (χ0v) is 14.4. The summed E-state index contributed by atoms with van der Waals surface area (Å²) in [6.45, 7) is 6.49. The molecule has 0 radical (unpaired) electrons. The topological polar surface area (TPSA) is 77.1 Å². The number of carbonyl (C=O) groups is 1. The van der Waals surface area contributed by atoms with Crippen LogP contribution in [0.4, 0.5) is 0 Å². The Morgan fingerprint density at radius 3 is 2.96 bits per heavy atom. The van der Waals surface area contributed by atoms with Gasteiger partial charge >= 0.3 is 0 Å². The Hall–Kier alpha value is -2.18. The first kappa shape index (κ1) is 16.7. The molecule has 7 heteroatoms. The quantitative estimate of drug-likeness (QED) is 0.775. The lowest BCUT2D eigenvalue weighted by molar-refractivity contribution is -0.130. The molecule has 1 saturated heterocycles. The molecule has 0 saturated carbocycles. The van der Waals surface area contributed by atoms with Crippen LogP contribution in [0.2, 0.25) is 0 Å². The van der Waals surface area contributed by atoms with Gasteiger partial charge in [-0.2, -0.15) is 5.10 Å². The maximum atomic E-state index is 12.3. The van der Waals surface area contributed by atoms with E-state index < -0.39 is 0 Å². The molecule has 0 spiro atoms. The molecule has 2 aromatic heterocycles. The van der Waals surface area contributed by atoms with Gasteiger partial charge in [0.1, 0.15) is 0 Å². The smallest absolute Gasteiger partial charge is 0.224 e.